The number of nitrogens with one attached hydrogen (secondary N) is 1. The third-order valence-electron chi connectivity index (χ3n) is 2.89. The van der Waals surface area contributed by atoms with Crippen LogP contribution in [0.3, 0.4) is 0 Å². The lowest BCUT2D eigenvalue weighted by atomic mass is 10.1. The van der Waals surface area contributed by atoms with Gasteiger partial charge in [-0.05, 0) is 38.1 Å². The summed E-state index contributed by atoms with van der Waals surface area (Å²) < 4.78 is 0. The molecule has 1 atom stereocenters. The molecule has 82 valence electrons. The Morgan fingerprint density at radius 1 is 1.50 bits per heavy atom. The maximum Gasteiger partial charge on any atom is 0.108 e. The molecular formula is C11H23N3. The second kappa shape index (κ2) is 5.35. The van der Waals surface area contributed by atoms with Crippen LogP contribution >= 0.6 is 0 Å². The Bertz CT molecular complexity index is 187. The topological polar surface area (TPSA) is 53.1 Å². The number of hydrogen-bond acceptors (Lipinski definition) is 2. The molecule has 1 aliphatic carbocycles. The van der Waals surface area contributed by atoms with Crippen LogP contribution in [0.1, 0.15) is 39.5 Å². The van der Waals surface area contributed by atoms with E-state index in [0.717, 1.165) is 31.8 Å². The third-order valence-corrected chi connectivity index (χ3v) is 2.89. The summed E-state index contributed by atoms with van der Waals surface area (Å²) in [6.07, 6.45) is 4.85. The molecule has 0 amide bonds. The number of nitrogens with two attached hydrogens (primary N) is 1. The zero-order valence-electron chi connectivity index (χ0n) is 9.42. The van der Waals surface area contributed by atoms with E-state index in [1.807, 2.05) is 0 Å². The molecule has 1 rings (SSSR count). The molecular weight excluding hydrogens is 174 g/mol. The fourth-order valence-electron chi connectivity index (χ4n) is 1.97. The van der Waals surface area contributed by atoms with Gasteiger partial charge in [-0.2, -0.15) is 0 Å². The van der Waals surface area contributed by atoms with E-state index in [2.05, 4.69) is 18.7 Å². The van der Waals surface area contributed by atoms with Gasteiger partial charge in [0.2, 0.25) is 0 Å². The van der Waals surface area contributed by atoms with Gasteiger partial charge in [0, 0.05) is 6.54 Å². The van der Waals surface area contributed by atoms with Crippen molar-refractivity contribution in [2.24, 2.45) is 11.7 Å². The first-order valence-corrected chi connectivity index (χ1v) is 5.77. The predicted molar refractivity (Wildman–Crippen MR) is 60.6 cm³/mol. The van der Waals surface area contributed by atoms with Crippen molar-refractivity contribution >= 4 is 5.84 Å². The average Bonchev–Trinajstić information content (AvgIpc) is 2.89. The molecule has 0 radical (unpaired) electrons. The molecule has 0 bridgehead atoms. The van der Waals surface area contributed by atoms with E-state index in [4.69, 9.17) is 11.1 Å². The SMILES string of the molecule is CCCN(CC1CC1)C(CC)C(=N)N. The third kappa shape index (κ3) is 3.29. The van der Waals surface area contributed by atoms with Gasteiger partial charge in [-0.3, -0.25) is 10.3 Å². The molecule has 1 fully saturated rings. The lowest BCUT2D eigenvalue weighted by Crippen LogP contribution is -2.45. The molecule has 3 heteroatoms. The molecule has 0 aromatic heterocycles. The number of amidine groups is 1. The number of hydrogen-bond donors (Lipinski definition) is 2. The van der Waals surface area contributed by atoms with Crippen LogP contribution in [0, 0.1) is 11.3 Å². The Morgan fingerprint density at radius 2 is 2.14 bits per heavy atom. The lowest BCUT2D eigenvalue weighted by Gasteiger charge is -2.29. The molecule has 1 saturated carbocycles. The van der Waals surface area contributed by atoms with Gasteiger partial charge < -0.3 is 5.73 Å². The summed E-state index contributed by atoms with van der Waals surface area (Å²) in [5, 5.41) is 7.56. The van der Waals surface area contributed by atoms with Gasteiger partial charge in [0.15, 0.2) is 0 Å². The molecule has 1 unspecified atom stereocenters. The van der Waals surface area contributed by atoms with Gasteiger partial charge in [-0.15, -0.1) is 0 Å². The highest BCUT2D eigenvalue weighted by Gasteiger charge is 2.27. The van der Waals surface area contributed by atoms with Crippen LogP contribution in [0.5, 0.6) is 0 Å². The van der Waals surface area contributed by atoms with E-state index in [-0.39, 0.29) is 6.04 Å². The van der Waals surface area contributed by atoms with Crippen LogP contribution in [0.25, 0.3) is 0 Å². The predicted octanol–water partition coefficient (Wildman–Crippen LogP) is 1.82. The van der Waals surface area contributed by atoms with Crippen molar-refractivity contribution in [1.29, 1.82) is 5.41 Å². The molecule has 3 nitrogen and oxygen atoms in total. The Kier molecular flexibility index (Phi) is 4.39. The van der Waals surface area contributed by atoms with Crippen molar-refractivity contribution < 1.29 is 0 Å². The van der Waals surface area contributed by atoms with E-state index in [0.29, 0.717) is 5.84 Å². The zero-order chi connectivity index (χ0) is 10.6. The minimum atomic E-state index is 0.176. The summed E-state index contributed by atoms with van der Waals surface area (Å²) in [4.78, 5) is 2.39. The standard InChI is InChI=1S/C11H23N3/c1-3-7-14(8-9-5-6-9)10(4-2)11(12)13/h9-10H,3-8H2,1-2H3,(H3,12,13). The molecule has 1 aliphatic rings. The summed E-state index contributed by atoms with van der Waals surface area (Å²) >= 11 is 0. The van der Waals surface area contributed by atoms with Gasteiger partial charge in [-0.25, -0.2) is 0 Å². The fraction of sp³-hybridized carbons (Fsp3) is 0.909. The number of rotatable bonds is 7. The largest absolute Gasteiger partial charge is 0.386 e. The minimum absolute atomic E-state index is 0.176. The van der Waals surface area contributed by atoms with Gasteiger partial charge in [0.25, 0.3) is 0 Å². The Morgan fingerprint density at radius 3 is 2.50 bits per heavy atom. The Balaban J connectivity index is 2.47. The summed E-state index contributed by atoms with van der Waals surface area (Å²) in [5.41, 5.74) is 5.62. The molecule has 0 aromatic rings. The van der Waals surface area contributed by atoms with E-state index < -0.39 is 0 Å². The Hall–Kier alpha value is -0.570. The first-order valence-electron chi connectivity index (χ1n) is 5.77. The summed E-state index contributed by atoms with van der Waals surface area (Å²) in [6.45, 7) is 6.52. The van der Waals surface area contributed by atoms with Crippen molar-refractivity contribution in [3.8, 4) is 0 Å². The van der Waals surface area contributed by atoms with Crippen LogP contribution in [0.4, 0.5) is 0 Å². The van der Waals surface area contributed by atoms with Crippen LogP contribution in [-0.4, -0.2) is 29.9 Å². The van der Waals surface area contributed by atoms with Crippen molar-refractivity contribution in [1.82, 2.24) is 4.90 Å². The van der Waals surface area contributed by atoms with E-state index >= 15 is 0 Å². The van der Waals surface area contributed by atoms with Gasteiger partial charge in [0.1, 0.15) is 5.84 Å². The maximum absolute atomic E-state index is 7.56. The zero-order valence-corrected chi connectivity index (χ0v) is 9.42. The summed E-state index contributed by atoms with van der Waals surface area (Å²) in [7, 11) is 0. The normalized spacial score (nSPS) is 18.5. The molecule has 0 aliphatic heterocycles. The van der Waals surface area contributed by atoms with Crippen molar-refractivity contribution in [3.05, 3.63) is 0 Å². The molecule has 0 spiro atoms. The second-order valence-corrected chi connectivity index (χ2v) is 4.32. The highest BCUT2D eigenvalue weighted by Crippen LogP contribution is 2.30. The minimum Gasteiger partial charge on any atom is -0.386 e. The molecule has 0 saturated heterocycles. The van der Waals surface area contributed by atoms with Gasteiger partial charge >= 0.3 is 0 Å². The van der Waals surface area contributed by atoms with Crippen LogP contribution in [-0.2, 0) is 0 Å². The monoisotopic (exact) mass is 197 g/mol. The first-order chi connectivity index (χ1) is 6.69. The molecule has 14 heavy (non-hydrogen) atoms. The summed E-state index contributed by atoms with van der Waals surface area (Å²) in [5.74, 6) is 1.22. The smallest absolute Gasteiger partial charge is 0.108 e. The highest BCUT2D eigenvalue weighted by atomic mass is 15.2. The Labute approximate surface area is 87.2 Å². The quantitative estimate of drug-likeness (QED) is 0.483. The van der Waals surface area contributed by atoms with Crippen molar-refractivity contribution in [2.75, 3.05) is 13.1 Å². The first kappa shape index (κ1) is 11.5. The lowest BCUT2D eigenvalue weighted by molar-refractivity contribution is 0.226. The molecule has 3 N–H and O–H groups in total. The number of nitrogens with zero attached hydrogens (tertiary/aromatic N) is 1. The van der Waals surface area contributed by atoms with E-state index in [1.165, 1.54) is 12.8 Å². The summed E-state index contributed by atoms with van der Waals surface area (Å²) in [6, 6.07) is 0.176. The fourth-order valence-corrected chi connectivity index (χ4v) is 1.97. The van der Waals surface area contributed by atoms with Crippen LogP contribution < -0.4 is 5.73 Å². The van der Waals surface area contributed by atoms with E-state index in [9.17, 15) is 0 Å². The van der Waals surface area contributed by atoms with Gasteiger partial charge in [0.05, 0.1) is 6.04 Å². The van der Waals surface area contributed by atoms with Crippen LogP contribution in [0.15, 0.2) is 0 Å². The van der Waals surface area contributed by atoms with Crippen LogP contribution in [0.2, 0.25) is 0 Å². The van der Waals surface area contributed by atoms with Crippen molar-refractivity contribution in [3.63, 3.8) is 0 Å². The molecule has 0 aromatic carbocycles. The van der Waals surface area contributed by atoms with E-state index in [1.54, 1.807) is 0 Å². The van der Waals surface area contributed by atoms with Gasteiger partial charge in [-0.1, -0.05) is 13.8 Å². The highest BCUT2D eigenvalue weighted by molar-refractivity contribution is 5.82. The van der Waals surface area contributed by atoms with Crippen molar-refractivity contribution in [2.45, 2.75) is 45.6 Å². The second-order valence-electron chi connectivity index (χ2n) is 4.32. The average molecular weight is 197 g/mol. The maximum atomic E-state index is 7.56. The molecule has 0 heterocycles.